The molecule has 31 heavy (non-hydrogen) atoms. The van der Waals surface area contributed by atoms with Crippen molar-refractivity contribution in [2.75, 3.05) is 11.5 Å². The first-order valence-corrected chi connectivity index (χ1v) is 9.54. The van der Waals surface area contributed by atoms with E-state index in [9.17, 15) is 4.79 Å². The fourth-order valence-electron chi connectivity index (χ4n) is 3.31. The number of amides is 2. The van der Waals surface area contributed by atoms with Crippen LogP contribution in [-0.4, -0.2) is 32.5 Å². The van der Waals surface area contributed by atoms with Crippen LogP contribution in [0.3, 0.4) is 0 Å². The predicted octanol–water partition coefficient (Wildman–Crippen LogP) is 2.65. The number of nitrogen functional groups attached to an aromatic ring is 2. The van der Waals surface area contributed by atoms with Crippen molar-refractivity contribution in [3.8, 4) is 0 Å². The van der Waals surface area contributed by atoms with Gasteiger partial charge in [0.2, 0.25) is 0 Å². The first kappa shape index (κ1) is 19.9. The summed E-state index contributed by atoms with van der Waals surface area (Å²) >= 11 is 0. The van der Waals surface area contributed by atoms with Gasteiger partial charge in [-0.1, -0.05) is 30.8 Å². The average molecular weight is 414 g/mol. The van der Waals surface area contributed by atoms with Crippen molar-refractivity contribution in [3.63, 3.8) is 0 Å². The van der Waals surface area contributed by atoms with E-state index in [0.717, 1.165) is 11.1 Å². The van der Waals surface area contributed by atoms with E-state index in [1.54, 1.807) is 18.5 Å². The number of allylic oxidation sites excluding steroid dienone is 1. The lowest BCUT2D eigenvalue weighted by atomic mass is 10.1. The Morgan fingerprint density at radius 3 is 2.13 bits per heavy atom. The van der Waals surface area contributed by atoms with Gasteiger partial charge in [0, 0.05) is 11.4 Å². The van der Waals surface area contributed by atoms with Crippen LogP contribution < -0.4 is 17.2 Å². The van der Waals surface area contributed by atoms with Gasteiger partial charge in [-0.25, -0.2) is 14.8 Å². The Labute approximate surface area is 179 Å². The predicted molar refractivity (Wildman–Crippen MR) is 122 cm³/mol. The Bertz CT molecular complexity index is 1190. The molecule has 6 N–H and O–H groups in total. The van der Waals surface area contributed by atoms with E-state index >= 15 is 0 Å². The van der Waals surface area contributed by atoms with Crippen LogP contribution in [0, 0.1) is 0 Å². The van der Waals surface area contributed by atoms with Crippen LogP contribution in [0.15, 0.2) is 77.1 Å². The molecule has 1 aliphatic rings. The second-order valence-corrected chi connectivity index (χ2v) is 7.08. The largest absolute Gasteiger partial charge is 0.399 e. The molecular formula is C22H22N8O. The first-order chi connectivity index (χ1) is 15.0. The molecule has 0 radical (unpaired) electrons. The molecule has 0 fully saturated rings. The smallest absolute Gasteiger partial charge is 0.349 e. The molecule has 4 rings (SSSR count). The number of hydrogen-bond donors (Lipinski definition) is 3. The molecule has 0 spiro atoms. The number of aliphatic imine (C=N–C) groups is 2. The Hall–Kier alpha value is -4.40. The Kier molecular flexibility index (Phi) is 5.23. The molecule has 1 aliphatic heterocycles. The van der Waals surface area contributed by atoms with Crippen molar-refractivity contribution in [1.29, 1.82) is 0 Å². The van der Waals surface area contributed by atoms with Crippen LogP contribution in [0.1, 0.15) is 16.8 Å². The van der Waals surface area contributed by atoms with E-state index < -0.39 is 6.03 Å². The van der Waals surface area contributed by atoms with Crippen molar-refractivity contribution in [2.45, 2.75) is 13.1 Å². The minimum atomic E-state index is -0.410. The molecule has 2 heterocycles. The number of carbonyl (C=O) groups excluding carboxylic acids is 1. The van der Waals surface area contributed by atoms with Crippen LogP contribution in [0.4, 0.5) is 22.0 Å². The molecule has 0 unspecified atom stereocenters. The fourth-order valence-corrected chi connectivity index (χ4v) is 3.31. The molecule has 0 saturated heterocycles. The van der Waals surface area contributed by atoms with E-state index in [-0.39, 0.29) is 0 Å². The van der Waals surface area contributed by atoms with Gasteiger partial charge in [0.15, 0.2) is 5.82 Å². The number of anilines is 2. The van der Waals surface area contributed by atoms with Gasteiger partial charge in [0.05, 0.1) is 31.5 Å². The summed E-state index contributed by atoms with van der Waals surface area (Å²) in [6.45, 7) is 4.89. The molecule has 0 bridgehead atoms. The maximum absolute atomic E-state index is 12.6. The lowest BCUT2D eigenvalue weighted by Gasteiger charge is -2.17. The maximum Gasteiger partial charge on any atom is 0.349 e. The highest BCUT2D eigenvalue weighted by atomic mass is 16.2. The summed E-state index contributed by atoms with van der Waals surface area (Å²) in [5.74, 6) is 0.487. The Morgan fingerprint density at radius 1 is 0.968 bits per heavy atom. The van der Waals surface area contributed by atoms with Crippen LogP contribution in [0.2, 0.25) is 0 Å². The van der Waals surface area contributed by atoms with Crippen molar-refractivity contribution >= 4 is 35.3 Å². The lowest BCUT2D eigenvalue weighted by Crippen LogP contribution is -2.23. The molecule has 3 aromatic rings. The minimum absolute atomic E-state index is 0.326. The summed E-state index contributed by atoms with van der Waals surface area (Å²) < 4.78 is 1.83. The van der Waals surface area contributed by atoms with Crippen LogP contribution in [-0.2, 0) is 13.1 Å². The Morgan fingerprint density at radius 2 is 1.55 bits per heavy atom. The van der Waals surface area contributed by atoms with Crippen molar-refractivity contribution in [2.24, 2.45) is 15.7 Å². The average Bonchev–Trinajstić information content (AvgIpc) is 3.27. The van der Waals surface area contributed by atoms with Crippen molar-refractivity contribution in [1.82, 2.24) is 14.5 Å². The molecule has 156 valence electrons. The third-order valence-electron chi connectivity index (χ3n) is 4.92. The summed E-state index contributed by atoms with van der Waals surface area (Å²) in [5, 5.41) is 0. The molecule has 1 aromatic heterocycles. The van der Waals surface area contributed by atoms with E-state index in [4.69, 9.17) is 17.2 Å². The second-order valence-electron chi connectivity index (χ2n) is 7.08. The summed E-state index contributed by atoms with van der Waals surface area (Å²) in [4.78, 5) is 27.0. The van der Waals surface area contributed by atoms with Gasteiger partial charge < -0.3 is 21.8 Å². The van der Waals surface area contributed by atoms with Gasteiger partial charge in [-0.2, -0.15) is 4.99 Å². The standard InChI is InChI=1S/C22H22N8O/c1-14-19(28-22(31)30(14)11-16-4-8-18(25)9-5-16)20-21(26-12-23)29(13-27-20)10-15-2-6-17(24)7-3-15/h2-9,12-13H,1,10-11,24-25H2,(H2,23,26). The van der Waals surface area contributed by atoms with Gasteiger partial charge in [-0.3, -0.25) is 4.90 Å². The van der Waals surface area contributed by atoms with Crippen LogP contribution in [0.25, 0.3) is 0 Å². The van der Waals surface area contributed by atoms with Gasteiger partial charge >= 0.3 is 6.03 Å². The highest BCUT2D eigenvalue weighted by Gasteiger charge is 2.32. The maximum atomic E-state index is 12.6. The SMILES string of the molecule is C=C1C(c2ncn(Cc3ccc(N)cc3)c2/N=C\N)=NC(=O)N1Cc1ccc(N)cc1. The zero-order valence-electron chi connectivity index (χ0n) is 16.8. The molecular weight excluding hydrogens is 392 g/mol. The monoisotopic (exact) mass is 414 g/mol. The fraction of sp³-hybridized carbons (Fsp3) is 0.0909. The topological polar surface area (TPSA) is 141 Å². The molecule has 0 saturated carbocycles. The van der Waals surface area contributed by atoms with Gasteiger partial charge in [0.1, 0.15) is 11.4 Å². The molecule has 0 atom stereocenters. The highest BCUT2D eigenvalue weighted by Crippen LogP contribution is 2.28. The molecule has 9 heteroatoms. The van der Waals surface area contributed by atoms with Gasteiger partial charge in [-0.05, 0) is 35.4 Å². The zero-order valence-corrected chi connectivity index (χ0v) is 16.8. The number of nitrogens with zero attached hydrogens (tertiary/aromatic N) is 5. The number of hydrogen-bond acceptors (Lipinski definition) is 5. The van der Waals surface area contributed by atoms with E-state index in [2.05, 4.69) is 21.5 Å². The number of benzene rings is 2. The zero-order chi connectivity index (χ0) is 22.0. The van der Waals surface area contributed by atoms with Crippen LogP contribution >= 0.6 is 0 Å². The van der Waals surface area contributed by atoms with E-state index in [1.807, 2.05) is 41.0 Å². The summed E-state index contributed by atoms with van der Waals surface area (Å²) in [5.41, 5.74) is 21.6. The van der Waals surface area contributed by atoms with Crippen LogP contribution in [0.5, 0.6) is 0 Å². The molecule has 0 aliphatic carbocycles. The summed E-state index contributed by atoms with van der Waals surface area (Å²) in [6.07, 6.45) is 2.82. The number of rotatable bonds is 6. The first-order valence-electron chi connectivity index (χ1n) is 9.54. The summed E-state index contributed by atoms with van der Waals surface area (Å²) in [6, 6.07) is 14.4. The highest BCUT2D eigenvalue weighted by molar-refractivity contribution is 6.21. The number of aromatic nitrogens is 2. The van der Waals surface area contributed by atoms with E-state index in [1.165, 1.54) is 11.2 Å². The molecule has 2 aromatic carbocycles. The third kappa shape index (κ3) is 4.01. The van der Waals surface area contributed by atoms with Gasteiger partial charge in [-0.15, -0.1) is 0 Å². The van der Waals surface area contributed by atoms with Crippen molar-refractivity contribution in [3.05, 3.63) is 84.0 Å². The number of urea groups is 1. The Balaban J connectivity index is 1.61. The van der Waals surface area contributed by atoms with E-state index in [0.29, 0.717) is 47.4 Å². The lowest BCUT2D eigenvalue weighted by molar-refractivity contribution is 0.225. The molecule has 2 amide bonds. The van der Waals surface area contributed by atoms with Gasteiger partial charge in [0.25, 0.3) is 0 Å². The minimum Gasteiger partial charge on any atom is -0.399 e. The number of imidazole rings is 1. The quantitative estimate of drug-likeness (QED) is 0.323. The number of nitrogens with two attached hydrogens (primary N) is 3. The molecule has 9 nitrogen and oxygen atoms in total. The summed E-state index contributed by atoms with van der Waals surface area (Å²) in [7, 11) is 0. The number of carbonyl (C=O) groups is 1. The normalized spacial score (nSPS) is 13.9. The second kappa shape index (κ2) is 8.15. The third-order valence-corrected chi connectivity index (χ3v) is 4.92. The van der Waals surface area contributed by atoms with Crippen molar-refractivity contribution < 1.29 is 4.79 Å².